The van der Waals surface area contributed by atoms with Gasteiger partial charge in [0.2, 0.25) is 0 Å². The highest BCUT2D eigenvalue weighted by Crippen LogP contribution is 2.30. The van der Waals surface area contributed by atoms with E-state index in [9.17, 15) is 9.59 Å². The third kappa shape index (κ3) is 5.62. The van der Waals surface area contributed by atoms with Crippen LogP contribution in [-0.2, 0) is 4.79 Å². The second-order valence-corrected chi connectivity index (χ2v) is 6.76. The molecule has 0 aromatic heterocycles. The van der Waals surface area contributed by atoms with Gasteiger partial charge in [-0.2, -0.15) is 0 Å². The van der Waals surface area contributed by atoms with Gasteiger partial charge in [-0.25, -0.2) is 0 Å². The van der Waals surface area contributed by atoms with Crippen molar-refractivity contribution < 1.29 is 19.1 Å². The summed E-state index contributed by atoms with van der Waals surface area (Å²) in [5.74, 6) is 0.494. The zero-order chi connectivity index (χ0) is 20.0. The van der Waals surface area contributed by atoms with E-state index in [-0.39, 0.29) is 11.9 Å². The average molecular weight is 410 g/mol. The molecule has 144 valence electrons. The number of carbonyl (C=O) groups excluding carboxylic acids is 2. The maximum Gasteiger partial charge on any atom is 0.261 e. The van der Waals surface area contributed by atoms with Gasteiger partial charge in [-0.1, -0.05) is 29.3 Å². The summed E-state index contributed by atoms with van der Waals surface area (Å²) in [6.45, 7) is 5.69. The van der Waals surface area contributed by atoms with Gasteiger partial charge in [-0.3, -0.25) is 9.59 Å². The van der Waals surface area contributed by atoms with Crippen LogP contribution in [0.5, 0.6) is 11.5 Å². The minimum atomic E-state index is -0.778. The number of nitrogens with one attached hydrogen (secondary N) is 1. The number of hydrogen-bond donors (Lipinski definition) is 1. The number of carbonyl (C=O) groups is 2. The van der Waals surface area contributed by atoms with Gasteiger partial charge in [0.15, 0.2) is 17.6 Å². The number of ether oxygens (including phenoxy) is 2. The molecule has 0 saturated heterocycles. The van der Waals surface area contributed by atoms with E-state index in [0.29, 0.717) is 33.7 Å². The average Bonchev–Trinajstić information content (AvgIpc) is 2.63. The zero-order valence-electron chi connectivity index (χ0n) is 15.3. The molecule has 5 nitrogen and oxygen atoms in total. The van der Waals surface area contributed by atoms with Crippen LogP contribution < -0.4 is 14.8 Å². The molecule has 2 aromatic rings. The molecule has 2 atom stereocenters. The minimum absolute atomic E-state index is 0.310. The van der Waals surface area contributed by atoms with Gasteiger partial charge >= 0.3 is 0 Å². The van der Waals surface area contributed by atoms with Crippen LogP contribution in [0.3, 0.4) is 0 Å². The lowest BCUT2D eigenvalue weighted by molar-refractivity contribution is -0.127. The molecule has 0 fully saturated rings. The molecule has 1 amide bonds. The van der Waals surface area contributed by atoms with E-state index < -0.39 is 6.10 Å². The molecule has 1 N–H and O–H groups in total. The molecule has 0 aliphatic heterocycles. The summed E-state index contributed by atoms with van der Waals surface area (Å²) in [4.78, 5) is 23.4. The molecular formula is C20H21Cl2NO4. The molecular weight excluding hydrogens is 389 g/mol. The van der Waals surface area contributed by atoms with Crippen LogP contribution in [0.4, 0.5) is 0 Å². The van der Waals surface area contributed by atoms with Crippen molar-refractivity contribution in [3.8, 4) is 11.5 Å². The van der Waals surface area contributed by atoms with Crippen molar-refractivity contribution in [2.45, 2.75) is 32.9 Å². The van der Waals surface area contributed by atoms with E-state index in [2.05, 4.69) is 5.32 Å². The second-order valence-electron chi connectivity index (χ2n) is 5.91. The van der Waals surface area contributed by atoms with E-state index in [4.69, 9.17) is 32.7 Å². The Morgan fingerprint density at radius 3 is 2.52 bits per heavy atom. The van der Waals surface area contributed by atoms with Gasteiger partial charge < -0.3 is 14.8 Å². The third-order valence-electron chi connectivity index (χ3n) is 3.86. The molecule has 0 saturated carbocycles. The van der Waals surface area contributed by atoms with Crippen LogP contribution >= 0.6 is 23.2 Å². The van der Waals surface area contributed by atoms with Gasteiger partial charge in [0.05, 0.1) is 12.6 Å². The Balaban J connectivity index is 2.08. The maximum absolute atomic E-state index is 12.5. The summed E-state index contributed by atoms with van der Waals surface area (Å²) >= 11 is 12.1. The molecule has 7 heteroatoms. The fraction of sp³-hybridized carbons (Fsp3) is 0.300. The topological polar surface area (TPSA) is 64.6 Å². The predicted octanol–water partition coefficient (Wildman–Crippen LogP) is 4.85. The summed E-state index contributed by atoms with van der Waals surface area (Å²) in [6, 6.07) is 9.58. The Hall–Kier alpha value is -2.24. The monoisotopic (exact) mass is 409 g/mol. The fourth-order valence-corrected chi connectivity index (χ4v) is 3.04. The van der Waals surface area contributed by atoms with Crippen molar-refractivity contribution in [1.29, 1.82) is 0 Å². The predicted molar refractivity (Wildman–Crippen MR) is 106 cm³/mol. The SMILES string of the molecule is CCOc1cc(C=O)ccc1O[C@@H](C)C(=O)N[C@@H](C)c1ccc(Cl)cc1Cl. The van der Waals surface area contributed by atoms with Crippen LogP contribution in [-0.4, -0.2) is 24.9 Å². The van der Waals surface area contributed by atoms with E-state index >= 15 is 0 Å². The smallest absolute Gasteiger partial charge is 0.261 e. The highest BCUT2D eigenvalue weighted by molar-refractivity contribution is 6.35. The number of amides is 1. The molecule has 27 heavy (non-hydrogen) atoms. The lowest BCUT2D eigenvalue weighted by Crippen LogP contribution is -2.37. The summed E-state index contributed by atoms with van der Waals surface area (Å²) < 4.78 is 11.2. The standard InChI is InChI=1S/C20H21Cl2NO4/c1-4-26-19-9-14(11-24)5-8-18(19)27-13(3)20(25)23-12(2)16-7-6-15(21)10-17(16)22/h5-13H,4H2,1-3H3,(H,23,25)/t12-,13-/m0/s1. The van der Waals surface area contributed by atoms with Crippen LogP contribution in [0.25, 0.3) is 0 Å². The second kappa shape index (κ2) is 9.62. The first-order valence-corrected chi connectivity index (χ1v) is 9.25. The van der Waals surface area contributed by atoms with Crippen LogP contribution in [0, 0.1) is 0 Å². The lowest BCUT2D eigenvalue weighted by atomic mass is 10.1. The number of halogens is 2. The first-order valence-electron chi connectivity index (χ1n) is 8.49. The Morgan fingerprint density at radius 1 is 1.15 bits per heavy atom. The van der Waals surface area contributed by atoms with E-state index in [1.54, 1.807) is 43.3 Å². The van der Waals surface area contributed by atoms with Gasteiger partial charge in [0.25, 0.3) is 5.91 Å². The van der Waals surface area contributed by atoms with E-state index in [1.165, 1.54) is 0 Å². The lowest BCUT2D eigenvalue weighted by Gasteiger charge is -2.21. The number of aldehydes is 1. The zero-order valence-corrected chi connectivity index (χ0v) is 16.8. The van der Waals surface area contributed by atoms with Crippen molar-refractivity contribution in [1.82, 2.24) is 5.32 Å². The number of benzene rings is 2. The first kappa shape index (κ1) is 21.1. The Kier molecular flexibility index (Phi) is 7.51. The van der Waals surface area contributed by atoms with Gasteiger partial charge in [0, 0.05) is 15.6 Å². The molecule has 0 heterocycles. The van der Waals surface area contributed by atoms with Crippen molar-refractivity contribution in [2.75, 3.05) is 6.61 Å². The molecule has 2 aromatic carbocycles. The van der Waals surface area contributed by atoms with Gasteiger partial charge in [0.1, 0.15) is 6.29 Å². The first-order chi connectivity index (χ1) is 12.8. The van der Waals surface area contributed by atoms with Crippen molar-refractivity contribution in [3.05, 3.63) is 57.6 Å². The summed E-state index contributed by atoms with van der Waals surface area (Å²) in [5.41, 5.74) is 1.22. The molecule has 0 radical (unpaired) electrons. The van der Waals surface area contributed by atoms with Gasteiger partial charge in [-0.15, -0.1) is 0 Å². The maximum atomic E-state index is 12.5. The van der Waals surface area contributed by atoms with Crippen molar-refractivity contribution >= 4 is 35.4 Å². The molecule has 0 aliphatic rings. The number of rotatable bonds is 8. The summed E-state index contributed by atoms with van der Waals surface area (Å²) in [6.07, 6.45) is -0.0558. The van der Waals surface area contributed by atoms with Gasteiger partial charge in [-0.05, 0) is 56.7 Å². The number of hydrogen-bond acceptors (Lipinski definition) is 4. The highest BCUT2D eigenvalue weighted by atomic mass is 35.5. The largest absolute Gasteiger partial charge is 0.490 e. The van der Waals surface area contributed by atoms with Crippen molar-refractivity contribution in [3.63, 3.8) is 0 Å². The Bertz CT molecular complexity index is 826. The third-order valence-corrected chi connectivity index (χ3v) is 4.43. The van der Waals surface area contributed by atoms with E-state index in [0.717, 1.165) is 11.8 Å². The molecule has 0 spiro atoms. The summed E-state index contributed by atoms with van der Waals surface area (Å²) in [5, 5.41) is 3.87. The summed E-state index contributed by atoms with van der Waals surface area (Å²) in [7, 11) is 0. The van der Waals surface area contributed by atoms with Crippen LogP contribution in [0.15, 0.2) is 36.4 Å². The molecule has 0 aliphatic carbocycles. The Labute approximate surface area is 168 Å². The minimum Gasteiger partial charge on any atom is -0.490 e. The molecule has 0 bridgehead atoms. The Morgan fingerprint density at radius 2 is 1.89 bits per heavy atom. The molecule has 2 rings (SSSR count). The van der Waals surface area contributed by atoms with E-state index in [1.807, 2.05) is 13.8 Å². The van der Waals surface area contributed by atoms with Crippen LogP contribution in [0.2, 0.25) is 10.0 Å². The highest BCUT2D eigenvalue weighted by Gasteiger charge is 2.20. The van der Waals surface area contributed by atoms with Crippen molar-refractivity contribution in [2.24, 2.45) is 0 Å². The molecule has 0 unspecified atom stereocenters. The fourth-order valence-electron chi connectivity index (χ4n) is 2.47. The van der Waals surface area contributed by atoms with Crippen LogP contribution in [0.1, 0.15) is 42.7 Å². The normalized spacial score (nSPS) is 12.8. The quantitative estimate of drug-likeness (QED) is 0.632.